The molecule has 2 nitrogen and oxygen atoms in total. The molecular formula is C19H19NO. The number of benzene rings is 2. The molecule has 1 heterocycles. The Morgan fingerprint density at radius 3 is 2.67 bits per heavy atom. The fourth-order valence-electron chi connectivity index (χ4n) is 3.61. The van der Waals surface area contributed by atoms with Crippen molar-refractivity contribution in [3.8, 4) is 11.1 Å². The van der Waals surface area contributed by atoms with Gasteiger partial charge in [-0.05, 0) is 35.1 Å². The van der Waals surface area contributed by atoms with Crippen molar-refractivity contribution < 1.29 is 4.74 Å². The van der Waals surface area contributed by atoms with Crippen molar-refractivity contribution in [2.24, 2.45) is 4.99 Å². The highest BCUT2D eigenvalue weighted by molar-refractivity contribution is 5.76. The molecule has 1 spiro atoms. The minimum atomic E-state index is -0.0258. The number of hydrogen-bond donors (Lipinski definition) is 0. The summed E-state index contributed by atoms with van der Waals surface area (Å²) in [6.07, 6.45) is 3.18. The van der Waals surface area contributed by atoms with E-state index < -0.39 is 0 Å². The average Bonchev–Trinajstić information content (AvgIpc) is 2.88. The molecule has 0 aromatic heterocycles. The van der Waals surface area contributed by atoms with Gasteiger partial charge in [0.1, 0.15) is 12.1 Å². The molecule has 0 saturated carbocycles. The smallest absolute Gasteiger partial charge is 0.180 e. The third kappa shape index (κ3) is 2.15. The second-order valence-corrected chi connectivity index (χ2v) is 6.13. The summed E-state index contributed by atoms with van der Waals surface area (Å²) in [5, 5.41) is 0. The summed E-state index contributed by atoms with van der Waals surface area (Å²) < 4.78 is 5.66. The van der Waals surface area contributed by atoms with Gasteiger partial charge >= 0.3 is 0 Å². The van der Waals surface area contributed by atoms with Crippen LogP contribution in [0.3, 0.4) is 0 Å². The van der Waals surface area contributed by atoms with Crippen molar-refractivity contribution in [2.75, 3.05) is 6.61 Å². The van der Waals surface area contributed by atoms with E-state index in [4.69, 9.17) is 9.73 Å². The second-order valence-electron chi connectivity index (χ2n) is 6.13. The van der Waals surface area contributed by atoms with Crippen LogP contribution in [0.2, 0.25) is 0 Å². The van der Waals surface area contributed by atoms with Crippen molar-refractivity contribution in [1.82, 2.24) is 0 Å². The van der Waals surface area contributed by atoms with E-state index in [0.29, 0.717) is 0 Å². The predicted octanol–water partition coefficient (Wildman–Crippen LogP) is 4.03. The lowest BCUT2D eigenvalue weighted by Crippen LogP contribution is -2.35. The van der Waals surface area contributed by atoms with E-state index in [1.54, 1.807) is 0 Å². The first-order chi connectivity index (χ1) is 10.3. The Bertz CT molecular complexity index is 705. The Morgan fingerprint density at radius 1 is 1.05 bits per heavy atom. The van der Waals surface area contributed by atoms with Crippen molar-refractivity contribution in [3.05, 3.63) is 59.7 Å². The van der Waals surface area contributed by atoms with Crippen molar-refractivity contribution >= 4 is 5.90 Å². The van der Waals surface area contributed by atoms with Gasteiger partial charge < -0.3 is 4.74 Å². The topological polar surface area (TPSA) is 21.6 Å². The number of fused-ring (bicyclic) bond motifs is 1. The summed E-state index contributed by atoms with van der Waals surface area (Å²) >= 11 is 0. The minimum Gasteiger partial charge on any atom is -0.479 e. The Morgan fingerprint density at radius 2 is 1.90 bits per heavy atom. The summed E-state index contributed by atoms with van der Waals surface area (Å²) in [4.78, 5) is 4.81. The van der Waals surface area contributed by atoms with Crippen LogP contribution < -0.4 is 0 Å². The summed E-state index contributed by atoms with van der Waals surface area (Å²) in [5.74, 6) is 0.843. The van der Waals surface area contributed by atoms with Crippen LogP contribution in [0.1, 0.15) is 24.5 Å². The molecule has 1 atom stereocenters. The molecule has 1 aliphatic carbocycles. The molecule has 2 heteroatoms. The third-order valence-electron chi connectivity index (χ3n) is 4.67. The molecule has 0 fully saturated rings. The fraction of sp³-hybridized carbons (Fsp3) is 0.316. The molecule has 0 amide bonds. The van der Waals surface area contributed by atoms with Gasteiger partial charge in [0.05, 0.1) is 0 Å². The highest BCUT2D eigenvalue weighted by Crippen LogP contribution is 2.39. The fourth-order valence-corrected chi connectivity index (χ4v) is 3.61. The molecule has 0 N–H and O–H groups in total. The van der Waals surface area contributed by atoms with Gasteiger partial charge in [-0.2, -0.15) is 0 Å². The maximum absolute atomic E-state index is 5.66. The molecule has 1 aliphatic heterocycles. The number of nitrogens with zero attached hydrogens (tertiary/aromatic N) is 1. The molecule has 1 unspecified atom stereocenters. The van der Waals surface area contributed by atoms with Crippen LogP contribution in [-0.4, -0.2) is 18.0 Å². The molecule has 2 aromatic rings. The van der Waals surface area contributed by atoms with E-state index in [1.807, 2.05) is 6.92 Å². The summed E-state index contributed by atoms with van der Waals surface area (Å²) in [6, 6.07) is 17.3. The summed E-state index contributed by atoms with van der Waals surface area (Å²) in [5.41, 5.74) is 5.55. The first-order valence-electron chi connectivity index (χ1n) is 7.61. The van der Waals surface area contributed by atoms with E-state index in [1.165, 1.54) is 22.3 Å². The minimum absolute atomic E-state index is 0.0258. The SMILES string of the molecule is CC1=NC2(CCc3cccc(-c4ccccc4)c3C2)CO1. The van der Waals surface area contributed by atoms with Gasteiger partial charge in [0.15, 0.2) is 5.90 Å². The van der Waals surface area contributed by atoms with E-state index >= 15 is 0 Å². The predicted molar refractivity (Wildman–Crippen MR) is 85.7 cm³/mol. The maximum Gasteiger partial charge on any atom is 0.180 e. The van der Waals surface area contributed by atoms with Crippen LogP contribution in [0.25, 0.3) is 11.1 Å². The second kappa shape index (κ2) is 4.73. The molecule has 0 bridgehead atoms. The van der Waals surface area contributed by atoms with Crippen molar-refractivity contribution in [1.29, 1.82) is 0 Å². The summed E-state index contributed by atoms with van der Waals surface area (Å²) in [6.45, 7) is 2.70. The van der Waals surface area contributed by atoms with E-state index in [0.717, 1.165) is 31.8 Å². The molecule has 0 saturated heterocycles. The lowest BCUT2D eigenvalue weighted by Gasteiger charge is -2.32. The highest BCUT2D eigenvalue weighted by Gasteiger charge is 2.39. The first kappa shape index (κ1) is 12.6. The van der Waals surface area contributed by atoms with E-state index in [-0.39, 0.29) is 5.54 Å². The van der Waals surface area contributed by atoms with Gasteiger partial charge in [-0.25, -0.2) is 4.99 Å². The number of ether oxygens (including phenoxy) is 1. The average molecular weight is 277 g/mol. The van der Waals surface area contributed by atoms with Crippen LogP contribution in [0.4, 0.5) is 0 Å². The lowest BCUT2D eigenvalue weighted by molar-refractivity contribution is 0.236. The maximum atomic E-state index is 5.66. The van der Waals surface area contributed by atoms with Gasteiger partial charge in [0.2, 0.25) is 0 Å². The molecule has 21 heavy (non-hydrogen) atoms. The van der Waals surface area contributed by atoms with Crippen LogP contribution in [-0.2, 0) is 17.6 Å². The molecule has 0 radical (unpaired) electrons. The zero-order valence-electron chi connectivity index (χ0n) is 12.3. The zero-order valence-corrected chi connectivity index (χ0v) is 12.3. The number of aryl methyl sites for hydroxylation is 1. The monoisotopic (exact) mass is 277 g/mol. The molecule has 2 aliphatic rings. The normalized spacial score (nSPS) is 23.6. The van der Waals surface area contributed by atoms with Crippen LogP contribution in [0.15, 0.2) is 53.5 Å². The third-order valence-corrected chi connectivity index (χ3v) is 4.67. The molecular weight excluding hydrogens is 258 g/mol. The Kier molecular flexibility index (Phi) is 2.85. The number of aliphatic imine (C=N–C) groups is 1. The Labute approximate surface area is 125 Å². The molecule has 106 valence electrons. The lowest BCUT2D eigenvalue weighted by atomic mass is 9.76. The molecule has 4 rings (SSSR count). The van der Waals surface area contributed by atoms with Crippen molar-refractivity contribution in [2.45, 2.75) is 31.7 Å². The van der Waals surface area contributed by atoms with Gasteiger partial charge in [-0.1, -0.05) is 48.5 Å². The van der Waals surface area contributed by atoms with Crippen LogP contribution >= 0.6 is 0 Å². The van der Waals surface area contributed by atoms with Gasteiger partial charge in [0.25, 0.3) is 0 Å². The number of hydrogen-bond acceptors (Lipinski definition) is 2. The van der Waals surface area contributed by atoms with E-state index in [2.05, 4.69) is 48.5 Å². The number of rotatable bonds is 1. The quantitative estimate of drug-likeness (QED) is 0.771. The standard InChI is InChI=1S/C19H19NO/c1-14-20-19(13-21-14)11-10-16-8-5-9-17(18(16)12-19)15-6-3-2-4-7-15/h2-9H,10-13H2,1H3. The Balaban J connectivity index is 1.80. The first-order valence-corrected chi connectivity index (χ1v) is 7.61. The molecule has 2 aromatic carbocycles. The zero-order chi connectivity index (χ0) is 14.3. The highest BCUT2D eigenvalue weighted by atomic mass is 16.5. The largest absolute Gasteiger partial charge is 0.479 e. The van der Waals surface area contributed by atoms with Gasteiger partial charge in [-0.3, -0.25) is 0 Å². The Hall–Kier alpha value is -2.09. The van der Waals surface area contributed by atoms with E-state index in [9.17, 15) is 0 Å². The van der Waals surface area contributed by atoms with Gasteiger partial charge in [-0.15, -0.1) is 0 Å². The van der Waals surface area contributed by atoms with Crippen molar-refractivity contribution in [3.63, 3.8) is 0 Å². The van der Waals surface area contributed by atoms with Crippen LogP contribution in [0.5, 0.6) is 0 Å². The van der Waals surface area contributed by atoms with Crippen LogP contribution in [0, 0.1) is 0 Å². The summed E-state index contributed by atoms with van der Waals surface area (Å²) in [7, 11) is 0. The van der Waals surface area contributed by atoms with Gasteiger partial charge in [0, 0.05) is 13.3 Å².